The average molecular weight is 410 g/mol. The Labute approximate surface area is 173 Å². The molecule has 4 rings (SSSR count). The molecule has 0 atom stereocenters. The molecule has 0 aliphatic carbocycles. The maximum Gasteiger partial charge on any atom is 0.267 e. The van der Waals surface area contributed by atoms with Gasteiger partial charge in [-0.15, -0.1) is 0 Å². The molecule has 3 heterocycles. The van der Waals surface area contributed by atoms with Crippen LogP contribution in [0.5, 0.6) is 0 Å². The monoisotopic (exact) mass is 410 g/mol. The fraction of sp³-hybridized carbons (Fsp3) is 0.333. The Hall–Kier alpha value is -3.49. The van der Waals surface area contributed by atoms with Gasteiger partial charge in [0.2, 0.25) is 5.82 Å². The van der Waals surface area contributed by atoms with E-state index in [0.29, 0.717) is 16.7 Å². The topological polar surface area (TPSA) is 103 Å². The van der Waals surface area contributed by atoms with Gasteiger partial charge in [0.15, 0.2) is 12.4 Å². The number of halogens is 1. The van der Waals surface area contributed by atoms with Crippen LogP contribution in [0.2, 0.25) is 0 Å². The van der Waals surface area contributed by atoms with E-state index in [2.05, 4.69) is 25.2 Å². The zero-order valence-corrected chi connectivity index (χ0v) is 16.7. The normalized spacial score (nSPS) is 14.7. The Bertz CT molecular complexity index is 1030. The molecule has 1 saturated heterocycles. The van der Waals surface area contributed by atoms with Crippen LogP contribution in [0.15, 0.2) is 46.2 Å². The summed E-state index contributed by atoms with van der Waals surface area (Å²) >= 11 is 0. The van der Waals surface area contributed by atoms with E-state index >= 15 is 0 Å². The lowest BCUT2D eigenvalue weighted by molar-refractivity contribution is 0.105. The van der Waals surface area contributed by atoms with Crippen molar-refractivity contribution < 1.29 is 13.8 Å². The molecule has 1 aliphatic heterocycles. The number of piperidine rings is 1. The predicted octanol–water partition coefficient (Wildman–Crippen LogP) is 3.41. The number of hydrogen-bond acceptors (Lipinski definition) is 7. The van der Waals surface area contributed by atoms with Crippen LogP contribution in [0.4, 0.5) is 10.2 Å². The standard InChI is InChI=1S/C21H23FN6O2/c1-14-5-6-15(11-17(14)22)21-25-19(30-27-21)13-29-26-20(23)16-7-8-18(24-12-16)28-9-3-2-4-10-28/h5-8,11-12H,2-4,9-10,13H2,1H3,(H2,23,26). The summed E-state index contributed by atoms with van der Waals surface area (Å²) in [6.07, 6.45) is 5.34. The van der Waals surface area contributed by atoms with Crippen LogP contribution < -0.4 is 10.6 Å². The number of oxime groups is 1. The number of nitrogens with zero attached hydrogens (tertiary/aromatic N) is 5. The van der Waals surface area contributed by atoms with Crippen molar-refractivity contribution in [2.45, 2.75) is 32.8 Å². The first-order valence-electron chi connectivity index (χ1n) is 9.86. The smallest absolute Gasteiger partial charge is 0.267 e. The Morgan fingerprint density at radius 2 is 2.07 bits per heavy atom. The molecule has 1 aliphatic rings. The van der Waals surface area contributed by atoms with Crippen molar-refractivity contribution in [1.82, 2.24) is 15.1 Å². The summed E-state index contributed by atoms with van der Waals surface area (Å²) in [5, 5.41) is 7.73. The number of aromatic nitrogens is 3. The molecule has 0 amide bonds. The summed E-state index contributed by atoms with van der Waals surface area (Å²) < 4.78 is 18.8. The first kappa shape index (κ1) is 19.8. The molecule has 0 saturated carbocycles. The number of nitrogens with two attached hydrogens (primary N) is 1. The molecule has 0 bridgehead atoms. The maximum atomic E-state index is 13.7. The van der Waals surface area contributed by atoms with Crippen LogP contribution >= 0.6 is 0 Å². The third-order valence-corrected chi connectivity index (χ3v) is 4.97. The highest BCUT2D eigenvalue weighted by Crippen LogP contribution is 2.20. The third kappa shape index (κ3) is 4.56. The Balaban J connectivity index is 1.35. The summed E-state index contributed by atoms with van der Waals surface area (Å²) in [6, 6.07) is 8.56. The second-order valence-corrected chi connectivity index (χ2v) is 7.18. The second kappa shape index (κ2) is 8.89. The largest absolute Gasteiger partial charge is 0.384 e. The Morgan fingerprint density at radius 3 is 2.80 bits per heavy atom. The van der Waals surface area contributed by atoms with Crippen LogP contribution in [-0.2, 0) is 11.4 Å². The van der Waals surface area contributed by atoms with Crippen molar-refractivity contribution in [3.05, 3.63) is 59.4 Å². The molecular formula is C21H23FN6O2. The van der Waals surface area contributed by atoms with Crippen LogP contribution in [0.1, 0.15) is 36.3 Å². The molecule has 1 fully saturated rings. The number of aryl methyl sites for hydroxylation is 1. The number of amidine groups is 1. The fourth-order valence-electron chi connectivity index (χ4n) is 3.22. The van der Waals surface area contributed by atoms with Gasteiger partial charge in [-0.1, -0.05) is 22.4 Å². The zero-order valence-electron chi connectivity index (χ0n) is 16.7. The van der Waals surface area contributed by atoms with Gasteiger partial charge in [-0.05, 0) is 49.9 Å². The van der Waals surface area contributed by atoms with E-state index in [1.54, 1.807) is 25.3 Å². The van der Waals surface area contributed by atoms with Crippen LogP contribution in [0.3, 0.4) is 0 Å². The van der Waals surface area contributed by atoms with Crippen molar-refractivity contribution in [2.75, 3.05) is 18.0 Å². The van der Waals surface area contributed by atoms with Gasteiger partial charge in [0, 0.05) is 30.4 Å². The third-order valence-electron chi connectivity index (χ3n) is 4.97. The van der Waals surface area contributed by atoms with Crippen molar-refractivity contribution in [3.63, 3.8) is 0 Å². The highest BCUT2D eigenvalue weighted by Gasteiger charge is 2.13. The lowest BCUT2D eigenvalue weighted by Crippen LogP contribution is -2.30. The molecule has 2 aromatic heterocycles. The maximum absolute atomic E-state index is 13.7. The van der Waals surface area contributed by atoms with E-state index in [9.17, 15) is 4.39 Å². The Kier molecular flexibility index (Phi) is 5.87. The van der Waals surface area contributed by atoms with Crippen molar-refractivity contribution in [2.24, 2.45) is 10.9 Å². The van der Waals surface area contributed by atoms with E-state index in [0.717, 1.165) is 18.9 Å². The van der Waals surface area contributed by atoms with Crippen molar-refractivity contribution in [3.8, 4) is 11.4 Å². The van der Waals surface area contributed by atoms with Gasteiger partial charge >= 0.3 is 0 Å². The van der Waals surface area contributed by atoms with E-state index in [-0.39, 0.29) is 30.0 Å². The lowest BCUT2D eigenvalue weighted by Gasteiger charge is -2.27. The quantitative estimate of drug-likeness (QED) is 0.377. The summed E-state index contributed by atoms with van der Waals surface area (Å²) in [7, 11) is 0. The molecule has 156 valence electrons. The fourth-order valence-corrected chi connectivity index (χ4v) is 3.22. The number of hydrogen-bond donors (Lipinski definition) is 1. The lowest BCUT2D eigenvalue weighted by atomic mass is 10.1. The van der Waals surface area contributed by atoms with E-state index in [4.69, 9.17) is 15.1 Å². The average Bonchev–Trinajstić information content (AvgIpc) is 3.25. The second-order valence-electron chi connectivity index (χ2n) is 7.18. The molecule has 2 N–H and O–H groups in total. The molecule has 0 unspecified atom stereocenters. The van der Waals surface area contributed by atoms with E-state index in [1.807, 2.05) is 12.1 Å². The van der Waals surface area contributed by atoms with Gasteiger partial charge in [-0.25, -0.2) is 9.37 Å². The van der Waals surface area contributed by atoms with Gasteiger partial charge in [0.1, 0.15) is 11.6 Å². The Morgan fingerprint density at radius 1 is 1.23 bits per heavy atom. The first-order chi connectivity index (χ1) is 14.6. The minimum absolute atomic E-state index is 0.0542. The number of benzene rings is 1. The van der Waals surface area contributed by atoms with E-state index < -0.39 is 0 Å². The first-order valence-corrected chi connectivity index (χ1v) is 9.86. The van der Waals surface area contributed by atoms with Gasteiger partial charge < -0.3 is 20.0 Å². The minimum atomic E-state index is -0.326. The van der Waals surface area contributed by atoms with E-state index in [1.165, 1.54) is 25.3 Å². The summed E-state index contributed by atoms with van der Waals surface area (Å²) in [5.74, 6) is 1.31. The number of anilines is 1. The molecule has 8 nitrogen and oxygen atoms in total. The highest BCUT2D eigenvalue weighted by atomic mass is 19.1. The van der Waals surface area contributed by atoms with Gasteiger partial charge in [0.25, 0.3) is 5.89 Å². The molecule has 3 aromatic rings. The number of pyridine rings is 1. The van der Waals surface area contributed by atoms with Crippen LogP contribution in [0, 0.1) is 12.7 Å². The van der Waals surface area contributed by atoms with Crippen LogP contribution in [0.25, 0.3) is 11.4 Å². The highest BCUT2D eigenvalue weighted by molar-refractivity contribution is 5.96. The van der Waals surface area contributed by atoms with Crippen LogP contribution in [-0.4, -0.2) is 34.0 Å². The predicted molar refractivity (Wildman–Crippen MR) is 110 cm³/mol. The van der Waals surface area contributed by atoms with Crippen molar-refractivity contribution in [1.29, 1.82) is 0 Å². The number of rotatable bonds is 6. The summed E-state index contributed by atoms with van der Waals surface area (Å²) in [5.41, 5.74) is 7.72. The zero-order chi connectivity index (χ0) is 20.9. The van der Waals surface area contributed by atoms with Gasteiger partial charge in [-0.3, -0.25) is 0 Å². The molecule has 0 radical (unpaired) electrons. The molecule has 1 aromatic carbocycles. The van der Waals surface area contributed by atoms with Crippen molar-refractivity contribution >= 4 is 11.7 Å². The van der Waals surface area contributed by atoms with Gasteiger partial charge in [-0.2, -0.15) is 4.98 Å². The molecular weight excluding hydrogens is 387 g/mol. The SMILES string of the molecule is Cc1ccc(-c2noc(CON=C(N)c3ccc(N4CCCCC4)nc3)n2)cc1F. The van der Waals surface area contributed by atoms with Gasteiger partial charge in [0.05, 0.1) is 0 Å². The molecule has 30 heavy (non-hydrogen) atoms. The summed E-state index contributed by atoms with van der Waals surface area (Å²) in [4.78, 5) is 16.2. The molecule has 0 spiro atoms. The minimum Gasteiger partial charge on any atom is -0.384 e. The molecule has 9 heteroatoms. The summed E-state index contributed by atoms with van der Waals surface area (Å²) in [6.45, 7) is 3.69.